The normalized spacial score (nSPS) is 11.9. The first-order valence-electron chi connectivity index (χ1n) is 5.66. The molecule has 1 rings (SSSR count). The van der Waals surface area contributed by atoms with Crippen molar-refractivity contribution in [2.75, 3.05) is 0 Å². The predicted molar refractivity (Wildman–Crippen MR) is 75.3 cm³/mol. The van der Waals surface area contributed by atoms with E-state index in [1.165, 1.54) is 6.07 Å². The molecule has 0 radical (unpaired) electrons. The third-order valence-corrected chi connectivity index (χ3v) is 3.41. The zero-order valence-corrected chi connectivity index (χ0v) is 13.4. The maximum absolute atomic E-state index is 13.4. The summed E-state index contributed by atoms with van der Waals surface area (Å²) in [4.78, 5) is 32.4. The Balaban J connectivity index is 3.19. The number of halogens is 3. The number of benzene rings is 1. The summed E-state index contributed by atoms with van der Waals surface area (Å²) in [5.74, 6) is -8.63. The topological polar surface area (TPSA) is 110 Å². The largest absolute Gasteiger partial charge is 0.544 e. The molecule has 7 nitrogen and oxygen atoms in total. The lowest BCUT2D eigenvalue weighted by Crippen LogP contribution is -2.57. The molecule has 10 heteroatoms. The van der Waals surface area contributed by atoms with Gasteiger partial charge in [-0.3, -0.25) is 10.1 Å². The first kappa shape index (κ1) is 18.2. The van der Waals surface area contributed by atoms with E-state index in [1.807, 2.05) is 0 Å². The molecule has 0 spiro atoms. The minimum absolute atomic E-state index is 0.445. The molecule has 0 aliphatic rings. The molecular formula is C12H9F2INO6-. The van der Waals surface area contributed by atoms with Gasteiger partial charge in [-0.05, 0) is 48.6 Å². The zero-order chi connectivity index (χ0) is 17.3. The molecule has 22 heavy (non-hydrogen) atoms. The van der Waals surface area contributed by atoms with Crippen LogP contribution in [0.25, 0.3) is 0 Å². The molecule has 0 heterocycles. The van der Waals surface area contributed by atoms with Crippen molar-refractivity contribution < 1.29 is 33.1 Å². The molecule has 0 atom stereocenters. The van der Waals surface area contributed by atoms with Crippen LogP contribution in [0.3, 0.4) is 0 Å². The Hall–Kier alpha value is -1.85. The van der Waals surface area contributed by atoms with Crippen LogP contribution >= 0.6 is 22.6 Å². The second kappa shape index (κ2) is 6.10. The quantitative estimate of drug-likeness (QED) is 0.305. The van der Waals surface area contributed by atoms with Crippen LogP contribution in [-0.2, 0) is 9.53 Å². The number of ether oxygens (including phenoxy) is 1. The summed E-state index contributed by atoms with van der Waals surface area (Å²) in [6.07, 6.45) is 0. The van der Waals surface area contributed by atoms with Gasteiger partial charge in [-0.25, -0.2) is 4.79 Å². The summed E-state index contributed by atoms with van der Waals surface area (Å²) in [6, 6.07) is 3.44. The number of nitro benzene ring substituents is 1. The number of hydrogen-bond acceptors (Lipinski definition) is 6. The molecule has 0 aliphatic heterocycles. The van der Waals surface area contributed by atoms with Crippen molar-refractivity contribution in [1.29, 1.82) is 0 Å². The molecule has 1 aromatic carbocycles. The molecule has 0 aromatic heterocycles. The van der Waals surface area contributed by atoms with Gasteiger partial charge in [0, 0.05) is 9.64 Å². The van der Waals surface area contributed by atoms with Crippen molar-refractivity contribution in [3.8, 4) is 0 Å². The lowest BCUT2D eigenvalue weighted by molar-refractivity contribution is -0.385. The summed E-state index contributed by atoms with van der Waals surface area (Å²) in [7, 11) is 0. The summed E-state index contributed by atoms with van der Waals surface area (Å²) in [5.41, 5.74) is -3.95. The molecule has 0 unspecified atom stereocenters. The first-order chi connectivity index (χ1) is 9.90. The molecule has 120 valence electrons. The van der Waals surface area contributed by atoms with Crippen LogP contribution in [0.4, 0.5) is 14.5 Å². The van der Waals surface area contributed by atoms with Gasteiger partial charge in [-0.2, -0.15) is 8.78 Å². The van der Waals surface area contributed by atoms with E-state index >= 15 is 0 Å². The Bertz CT molecular complexity index is 647. The highest BCUT2D eigenvalue weighted by Crippen LogP contribution is 2.33. The number of carbonyl (C=O) groups is 2. The third-order valence-electron chi connectivity index (χ3n) is 2.74. The number of rotatable bonds is 5. The van der Waals surface area contributed by atoms with E-state index in [0.717, 1.165) is 12.1 Å². The van der Waals surface area contributed by atoms with E-state index < -0.39 is 39.6 Å². The average Bonchev–Trinajstić information content (AvgIpc) is 2.37. The van der Waals surface area contributed by atoms with Gasteiger partial charge in [0.15, 0.2) is 5.60 Å². The Kier molecular flexibility index (Phi) is 5.05. The minimum atomic E-state index is -4.47. The monoisotopic (exact) mass is 428 g/mol. The number of nitrogens with zero attached hydrogens (tertiary/aromatic N) is 1. The molecule has 0 bridgehead atoms. The van der Waals surface area contributed by atoms with Gasteiger partial charge in [0.25, 0.3) is 5.69 Å². The van der Waals surface area contributed by atoms with E-state index in [4.69, 9.17) is 0 Å². The number of carboxylic acids is 1. The summed E-state index contributed by atoms with van der Waals surface area (Å²) < 4.78 is 31.8. The third kappa shape index (κ3) is 3.48. The number of esters is 1. The van der Waals surface area contributed by atoms with Crippen molar-refractivity contribution in [3.05, 3.63) is 37.4 Å². The number of aliphatic carboxylic acids is 1. The molecule has 0 aliphatic carbocycles. The van der Waals surface area contributed by atoms with Crippen LogP contribution in [0, 0.1) is 13.7 Å². The van der Waals surface area contributed by atoms with Crippen molar-refractivity contribution >= 4 is 40.2 Å². The van der Waals surface area contributed by atoms with Gasteiger partial charge in [0.2, 0.25) is 0 Å². The molecule has 0 amide bonds. The smallest absolute Gasteiger partial charge is 0.345 e. The zero-order valence-electron chi connectivity index (χ0n) is 11.3. The molecule has 0 fully saturated rings. The van der Waals surface area contributed by atoms with Crippen LogP contribution in [0.15, 0.2) is 18.2 Å². The van der Waals surface area contributed by atoms with E-state index in [1.54, 1.807) is 22.6 Å². The van der Waals surface area contributed by atoms with E-state index in [9.17, 15) is 33.6 Å². The summed E-state index contributed by atoms with van der Waals surface area (Å²) in [5, 5.41) is 21.3. The van der Waals surface area contributed by atoms with Gasteiger partial charge < -0.3 is 14.6 Å². The number of nitro groups is 1. The Morgan fingerprint density at radius 3 is 2.32 bits per heavy atom. The number of hydrogen-bond donors (Lipinski definition) is 0. The number of carbonyl (C=O) groups excluding carboxylic acids is 2. The van der Waals surface area contributed by atoms with Gasteiger partial charge >= 0.3 is 11.9 Å². The lowest BCUT2D eigenvalue weighted by Gasteiger charge is -2.33. The van der Waals surface area contributed by atoms with E-state index in [2.05, 4.69) is 4.74 Å². The summed E-state index contributed by atoms with van der Waals surface area (Å²) >= 11 is 1.77. The highest BCUT2D eigenvalue weighted by molar-refractivity contribution is 14.1. The van der Waals surface area contributed by atoms with Crippen LogP contribution in [0.5, 0.6) is 0 Å². The molecule has 0 saturated carbocycles. The average molecular weight is 428 g/mol. The number of carboxylic acid groups (broad SMARTS) is 1. The van der Waals surface area contributed by atoms with E-state index in [0.29, 0.717) is 17.4 Å². The predicted octanol–water partition coefficient (Wildman–Crippen LogP) is 1.52. The molecule has 0 saturated heterocycles. The second-order valence-corrected chi connectivity index (χ2v) is 5.93. The maximum Gasteiger partial charge on any atom is 0.345 e. The first-order valence-corrected chi connectivity index (χ1v) is 6.74. The van der Waals surface area contributed by atoms with Crippen molar-refractivity contribution in [2.45, 2.75) is 25.4 Å². The van der Waals surface area contributed by atoms with Crippen LogP contribution in [0.2, 0.25) is 0 Å². The van der Waals surface area contributed by atoms with Gasteiger partial charge in [-0.15, -0.1) is 0 Å². The maximum atomic E-state index is 13.4. The molecule has 0 N–H and O–H groups in total. The Morgan fingerprint density at radius 1 is 1.32 bits per heavy atom. The van der Waals surface area contributed by atoms with Crippen molar-refractivity contribution in [3.63, 3.8) is 0 Å². The number of alkyl halides is 2. The van der Waals surface area contributed by atoms with Gasteiger partial charge in [0.05, 0.1) is 4.92 Å². The second-order valence-electron chi connectivity index (χ2n) is 4.68. The van der Waals surface area contributed by atoms with Crippen LogP contribution < -0.4 is 5.11 Å². The van der Waals surface area contributed by atoms with Crippen LogP contribution in [0.1, 0.15) is 24.2 Å². The van der Waals surface area contributed by atoms with Crippen molar-refractivity contribution in [1.82, 2.24) is 0 Å². The highest BCUT2D eigenvalue weighted by Gasteiger charge is 2.52. The fourth-order valence-corrected chi connectivity index (χ4v) is 1.90. The van der Waals surface area contributed by atoms with E-state index in [-0.39, 0.29) is 0 Å². The van der Waals surface area contributed by atoms with Crippen LogP contribution in [-0.4, -0.2) is 28.4 Å². The SMILES string of the molecule is CC(C)(OC(=O)c1ccc(I)cc1[N+](=O)[O-])C(F)(F)C(=O)[O-]. The molecule has 1 aromatic rings. The Labute approximate surface area is 136 Å². The molecular weight excluding hydrogens is 419 g/mol. The standard InChI is InChI=1S/C12H10F2INO6/c1-11(2,12(13,14)10(18)19)22-9(17)7-4-3-6(15)5-8(7)16(20)21/h3-5H,1-2H3,(H,18,19)/p-1. The van der Waals surface area contributed by atoms with Crippen molar-refractivity contribution in [2.24, 2.45) is 0 Å². The fourth-order valence-electron chi connectivity index (χ4n) is 1.43. The van der Waals surface area contributed by atoms with Gasteiger partial charge in [0.1, 0.15) is 11.5 Å². The minimum Gasteiger partial charge on any atom is -0.544 e. The fraction of sp³-hybridized carbons (Fsp3) is 0.333. The lowest BCUT2D eigenvalue weighted by atomic mass is 10.00. The summed E-state index contributed by atoms with van der Waals surface area (Å²) in [6.45, 7) is 1.33. The highest BCUT2D eigenvalue weighted by atomic mass is 127. The Morgan fingerprint density at radius 2 is 1.86 bits per heavy atom. The van der Waals surface area contributed by atoms with Gasteiger partial charge in [-0.1, -0.05) is 0 Å².